The summed E-state index contributed by atoms with van der Waals surface area (Å²) in [5, 5.41) is 12.3. The number of halogens is 1. The Morgan fingerprint density at radius 3 is 1.24 bits per heavy atom. The van der Waals surface area contributed by atoms with Crippen LogP contribution in [0.4, 0.5) is 4.39 Å². The molecule has 0 unspecified atom stereocenters. The van der Waals surface area contributed by atoms with Crippen molar-refractivity contribution in [1.82, 2.24) is 75.8 Å². The van der Waals surface area contributed by atoms with Crippen LogP contribution in [0.2, 0.25) is 0 Å². The molecule has 0 aliphatic carbocycles. The second-order valence-corrected chi connectivity index (χ2v) is 25.1. The Morgan fingerprint density at radius 2 is 0.871 bits per heavy atom. The second-order valence-electron chi connectivity index (χ2n) is 25.1. The molecule has 4 aliphatic rings. The molecular weight excluding hydrogens is 1090 g/mol. The molecule has 4 aromatic heterocycles. The summed E-state index contributed by atoms with van der Waals surface area (Å²) in [6, 6.07) is 8.09. The molecule has 0 radical (unpaired) electrons. The molecular formula is C62H98FN15O7. The van der Waals surface area contributed by atoms with Gasteiger partial charge in [-0.2, -0.15) is 9.97 Å². The maximum absolute atomic E-state index is 13.8. The Balaban J connectivity index is 0.000000207. The number of rotatable bonds is 15. The number of aromatic nitrogens is 7. The minimum absolute atomic E-state index is 0.0636. The number of hydrogen-bond acceptors (Lipinski definition) is 18. The predicted octanol–water partition coefficient (Wildman–Crippen LogP) is 7.26. The lowest BCUT2D eigenvalue weighted by atomic mass is 9.88. The Kier molecular flexibility index (Phi) is 25.4. The van der Waals surface area contributed by atoms with E-state index in [1.54, 1.807) is 24.5 Å². The van der Waals surface area contributed by atoms with Crippen molar-refractivity contribution >= 4 is 23.6 Å². The summed E-state index contributed by atoms with van der Waals surface area (Å²) in [6.07, 6.45) is 12.0. The van der Waals surface area contributed by atoms with Crippen LogP contribution in [0.1, 0.15) is 188 Å². The number of ether oxygens (including phenoxy) is 3. The van der Waals surface area contributed by atoms with Crippen molar-refractivity contribution in [2.45, 2.75) is 195 Å². The van der Waals surface area contributed by atoms with E-state index in [4.69, 9.17) is 14.2 Å². The molecule has 8 heterocycles. The number of likely N-dealkylation sites (tertiary alicyclic amines) is 4. The van der Waals surface area contributed by atoms with Gasteiger partial charge in [-0.25, -0.2) is 29.3 Å². The fourth-order valence-corrected chi connectivity index (χ4v) is 10.6. The Morgan fingerprint density at radius 1 is 0.494 bits per heavy atom. The largest absolute Gasteiger partial charge is 0.481 e. The van der Waals surface area contributed by atoms with Crippen LogP contribution in [0, 0.1) is 19.7 Å². The van der Waals surface area contributed by atoms with Gasteiger partial charge in [0.2, 0.25) is 29.3 Å². The van der Waals surface area contributed by atoms with Crippen molar-refractivity contribution in [3.63, 3.8) is 0 Å². The van der Waals surface area contributed by atoms with Gasteiger partial charge < -0.3 is 55.1 Å². The monoisotopic (exact) mass is 1180 g/mol. The van der Waals surface area contributed by atoms with E-state index < -0.39 is 11.7 Å². The molecule has 85 heavy (non-hydrogen) atoms. The third-order valence-electron chi connectivity index (χ3n) is 16.9. The van der Waals surface area contributed by atoms with Crippen LogP contribution in [0.3, 0.4) is 0 Å². The highest BCUT2D eigenvalue weighted by Gasteiger charge is 2.37. The van der Waals surface area contributed by atoms with Crippen LogP contribution in [-0.4, -0.2) is 198 Å². The fourth-order valence-electron chi connectivity index (χ4n) is 10.6. The Hall–Kier alpha value is -6.56. The van der Waals surface area contributed by atoms with Crippen molar-refractivity contribution < 1.29 is 37.8 Å². The molecule has 4 N–H and O–H groups in total. The Bertz CT molecular complexity index is 2780. The van der Waals surface area contributed by atoms with E-state index in [2.05, 4.69) is 152 Å². The topological polar surface area (TPSA) is 247 Å². The van der Waals surface area contributed by atoms with Crippen LogP contribution >= 0.6 is 0 Å². The van der Waals surface area contributed by atoms with Crippen molar-refractivity contribution in [2.24, 2.45) is 0 Å². The van der Waals surface area contributed by atoms with Crippen molar-refractivity contribution in [3.8, 4) is 17.6 Å². The van der Waals surface area contributed by atoms with Gasteiger partial charge in [0.25, 0.3) is 23.6 Å². The zero-order chi connectivity index (χ0) is 62.9. The molecule has 470 valence electrons. The van der Waals surface area contributed by atoms with Crippen LogP contribution < -0.4 is 35.5 Å². The van der Waals surface area contributed by atoms with Gasteiger partial charge in [-0.1, -0.05) is 0 Å². The first-order valence-electron chi connectivity index (χ1n) is 30.0. The number of hydrogen-bond donors (Lipinski definition) is 4. The van der Waals surface area contributed by atoms with Gasteiger partial charge in [0.05, 0.1) is 38.7 Å². The van der Waals surface area contributed by atoms with Gasteiger partial charge >= 0.3 is 0 Å². The first kappa shape index (κ1) is 69.2. The molecule has 23 heteroatoms. The van der Waals surface area contributed by atoms with Gasteiger partial charge in [-0.15, -0.1) is 0 Å². The number of nitrogens with one attached hydrogen (secondary N) is 4. The summed E-state index contributed by atoms with van der Waals surface area (Å²) < 4.78 is 28.9. The highest BCUT2D eigenvalue weighted by molar-refractivity contribution is 5.95. The summed E-state index contributed by atoms with van der Waals surface area (Å²) in [5.41, 5.74) is 1.01. The Labute approximate surface area is 504 Å². The molecule has 4 amide bonds. The van der Waals surface area contributed by atoms with Crippen molar-refractivity contribution in [3.05, 3.63) is 83.1 Å². The minimum atomic E-state index is -0.637. The lowest BCUT2D eigenvalue weighted by molar-refractivity contribution is 0.0781. The molecule has 0 atom stereocenters. The summed E-state index contributed by atoms with van der Waals surface area (Å²) in [6.45, 7) is 37.4. The van der Waals surface area contributed by atoms with Crippen LogP contribution in [0.25, 0.3) is 0 Å². The molecule has 0 saturated carbocycles. The first-order valence-corrected chi connectivity index (χ1v) is 30.0. The predicted molar refractivity (Wildman–Crippen MR) is 327 cm³/mol. The van der Waals surface area contributed by atoms with Crippen LogP contribution in [0.5, 0.6) is 17.6 Å². The van der Waals surface area contributed by atoms with Gasteiger partial charge in [0, 0.05) is 123 Å². The first-order chi connectivity index (χ1) is 40.0. The normalized spacial score (nSPS) is 18.5. The van der Waals surface area contributed by atoms with E-state index in [-0.39, 0.29) is 63.1 Å². The number of amides is 4. The van der Waals surface area contributed by atoms with Crippen molar-refractivity contribution in [2.75, 3.05) is 73.7 Å². The molecule has 8 rings (SSSR count). The SMILES string of the molecule is COc1cc(OC)nc(C(=O)NC2(C)CCN(C(C)C)CC2)n1.COc1ccc(F)c(C(=O)NC2(C)CCN(C(C)C)CC2)n1.Cc1ccnc(C(=O)NC2(C)CCN(C(C)C)CC2)n1.Cc1ncncc1C(=O)NC1(C)CCN(C(C)C)CC1. The molecule has 4 fully saturated rings. The third kappa shape index (κ3) is 20.8. The van der Waals surface area contributed by atoms with E-state index in [0.29, 0.717) is 41.5 Å². The summed E-state index contributed by atoms with van der Waals surface area (Å²) in [5.74, 6) is -0.500. The van der Waals surface area contributed by atoms with E-state index in [9.17, 15) is 23.6 Å². The lowest BCUT2D eigenvalue weighted by Gasteiger charge is -2.41. The number of pyridine rings is 1. The highest BCUT2D eigenvalue weighted by Crippen LogP contribution is 2.28. The van der Waals surface area contributed by atoms with Gasteiger partial charge in [0.1, 0.15) is 6.33 Å². The number of carbonyl (C=O) groups excluding carboxylic acids is 4. The van der Waals surface area contributed by atoms with Crippen LogP contribution in [0.15, 0.2) is 43.0 Å². The zero-order valence-corrected chi connectivity index (χ0v) is 53.8. The molecule has 4 aliphatic heterocycles. The van der Waals surface area contributed by atoms with E-state index in [0.717, 1.165) is 115 Å². The molecule has 0 aromatic carbocycles. The molecule has 4 saturated heterocycles. The smallest absolute Gasteiger partial charge is 0.289 e. The maximum atomic E-state index is 13.8. The highest BCUT2D eigenvalue weighted by atomic mass is 19.1. The average Bonchev–Trinajstić information content (AvgIpc) is 3.45. The van der Waals surface area contributed by atoms with E-state index in [1.807, 2.05) is 20.8 Å². The molecule has 0 spiro atoms. The summed E-state index contributed by atoms with van der Waals surface area (Å²) >= 11 is 0. The number of nitrogens with zero attached hydrogens (tertiary/aromatic N) is 11. The quantitative estimate of drug-likeness (QED) is 0.0914. The minimum Gasteiger partial charge on any atom is -0.481 e. The standard InChI is InChI=1S/C16H24FN3O2.C16H26N4O3.2C15H24N4O/c1-11(2)20-9-7-16(3,8-10-20)19-15(21)14-12(17)5-6-13(18-14)22-4;1-11(2)20-8-6-16(3,7-9-20)19-15(21)14-17-12(22-4)10-13(18-14)23-5;1-11(2)19-9-6-15(4,7-10-19)18-14(20)13-16-8-5-12(3)17-13;1-11(2)19-7-5-15(4,6-8-19)18-14(20)13-9-16-10-17-12(13)3/h5-6,11H,7-10H2,1-4H3,(H,19,21);10-11H,6-9H2,1-5H3,(H,19,21);5,8,11H,6-7,9-10H2,1-4H3,(H,18,20);9-11H,5-8H2,1-4H3,(H,18,20). The fraction of sp³-hybridized carbons (Fsp3) is 0.661. The maximum Gasteiger partial charge on any atom is 0.289 e. The van der Waals surface area contributed by atoms with Gasteiger partial charge in [-0.3, -0.25) is 19.2 Å². The second kappa shape index (κ2) is 31.2. The van der Waals surface area contributed by atoms with Crippen molar-refractivity contribution in [1.29, 1.82) is 0 Å². The number of piperidine rings is 4. The molecule has 4 aromatic rings. The summed E-state index contributed by atoms with van der Waals surface area (Å²) in [7, 11) is 4.42. The van der Waals surface area contributed by atoms with Gasteiger partial charge in [-0.05, 0) is 160 Å². The lowest BCUT2D eigenvalue weighted by Crippen LogP contribution is -2.54. The number of aryl methyl sites for hydroxylation is 2. The van der Waals surface area contributed by atoms with E-state index in [1.165, 1.54) is 39.8 Å². The molecule has 0 bridgehead atoms. The third-order valence-corrected chi connectivity index (χ3v) is 16.9. The number of carbonyl (C=O) groups is 4. The summed E-state index contributed by atoms with van der Waals surface area (Å²) in [4.78, 5) is 87.5. The molecule has 22 nitrogen and oxygen atoms in total. The van der Waals surface area contributed by atoms with E-state index >= 15 is 0 Å². The number of methoxy groups -OCH3 is 3. The van der Waals surface area contributed by atoms with Crippen LogP contribution in [-0.2, 0) is 0 Å². The zero-order valence-electron chi connectivity index (χ0n) is 53.8. The van der Waals surface area contributed by atoms with Gasteiger partial charge in [0.15, 0.2) is 11.5 Å². The average molecular weight is 1180 g/mol.